The Hall–Kier alpha value is -1.15. The quantitative estimate of drug-likeness (QED) is 0.632. The highest BCUT2D eigenvalue weighted by atomic mass is 16.3. The van der Waals surface area contributed by atoms with Crippen molar-refractivity contribution in [2.24, 2.45) is 5.41 Å². The van der Waals surface area contributed by atoms with Crippen LogP contribution in [0.5, 0.6) is 0 Å². The number of fused-ring (bicyclic) bond motifs is 1. The van der Waals surface area contributed by atoms with Gasteiger partial charge in [0.1, 0.15) is 5.60 Å². The zero-order valence-corrected chi connectivity index (χ0v) is 8.45. The van der Waals surface area contributed by atoms with E-state index >= 15 is 0 Å². The van der Waals surface area contributed by atoms with Crippen LogP contribution in [-0.2, 0) is 4.79 Å². The van der Waals surface area contributed by atoms with E-state index in [1.165, 1.54) is 6.08 Å². The summed E-state index contributed by atoms with van der Waals surface area (Å²) in [5, 5.41) is 10.1. The predicted octanol–water partition coefficient (Wildman–Crippen LogP) is 1.77. The summed E-state index contributed by atoms with van der Waals surface area (Å²) in [6.45, 7) is 3.61. The Morgan fingerprint density at radius 2 is 2.14 bits per heavy atom. The van der Waals surface area contributed by atoms with Crippen LogP contribution in [0, 0.1) is 5.41 Å². The van der Waals surface area contributed by atoms with Gasteiger partial charge in [-0.3, -0.25) is 4.79 Å². The summed E-state index contributed by atoms with van der Waals surface area (Å²) in [5.41, 5.74) is -0.708. The van der Waals surface area contributed by atoms with Crippen LogP contribution in [0.15, 0.2) is 36.0 Å². The number of aliphatic hydroxyl groups is 1. The van der Waals surface area contributed by atoms with Crippen molar-refractivity contribution in [3.63, 3.8) is 0 Å². The molecule has 0 radical (unpaired) electrons. The Labute approximate surface area is 83.6 Å². The van der Waals surface area contributed by atoms with Gasteiger partial charge in [-0.15, -0.1) is 0 Å². The molecule has 2 nitrogen and oxygen atoms in total. The highest BCUT2D eigenvalue weighted by Crippen LogP contribution is 2.44. The van der Waals surface area contributed by atoms with Crippen molar-refractivity contribution < 1.29 is 9.90 Å². The Morgan fingerprint density at radius 1 is 1.43 bits per heavy atom. The molecule has 2 heteroatoms. The van der Waals surface area contributed by atoms with E-state index in [4.69, 9.17) is 0 Å². The molecule has 0 aromatic carbocycles. The van der Waals surface area contributed by atoms with Crippen molar-refractivity contribution >= 4 is 5.78 Å². The monoisotopic (exact) mass is 190 g/mol. The summed E-state index contributed by atoms with van der Waals surface area (Å²) in [7, 11) is 0. The lowest BCUT2D eigenvalue weighted by Gasteiger charge is -2.40. The molecule has 0 aliphatic heterocycles. The fourth-order valence-electron chi connectivity index (χ4n) is 2.21. The molecule has 0 aromatic rings. The third-order valence-corrected chi connectivity index (χ3v) is 3.16. The standard InChI is InChI=1S/C12H14O2/c1-11-7-4-3-5-9(11)12(2,14)10(13)6-8-11/h3-6,8,14H,7H2,1-2H3. The molecule has 0 saturated heterocycles. The molecule has 0 aromatic heterocycles. The van der Waals surface area contributed by atoms with Crippen molar-refractivity contribution in [1.29, 1.82) is 0 Å². The first-order chi connectivity index (χ1) is 6.47. The van der Waals surface area contributed by atoms with E-state index in [2.05, 4.69) is 6.08 Å². The fraction of sp³-hybridized carbons (Fsp3) is 0.417. The molecule has 2 aliphatic carbocycles. The number of carbonyl (C=O) groups excluding carboxylic acids is 1. The largest absolute Gasteiger partial charge is 0.378 e. The van der Waals surface area contributed by atoms with Gasteiger partial charge in [-0.25, -0.2) is 0 Å². The maximum atomic E-state index is 11.5. The topological polar surface area (TPSA) is 37.3 Å². The SMILES string of the molecule is CC12C=CC(=O)C(C)(O)C1=CC=CC2. The molecule has 0 saturated carbocycles. The molecule has 0 heterocycles. The maximum Gasteiger partial charge on any atom is 0.190 e. The van der Waals surface area contributed by atoms with Crippen molar-refractivity contribution in [3.05, 3.63) is 36.0 Å². The molecular formula is C12H14O2. The number of rotatable bonds is 0. The van der Waals surface area contributed by atoms with Crippen molar-refractivity contribution in [3.8, 4) is 0 Å². The van der Waals surface area contributed by atoms with Crippen LogP contribution in [0.25, 0.3) is 0 Å². The molecule has 2 aliphatic rings. The van der Waals surface area contributed by atoms with E-state index in [0.29, 0.717) is 0 Å². The van der Waals surface area contributed by atoms with Crippen LogP contribution in [0.3, 0.4) is 0 Å². The van der Waals surface area contributed by atoms with E-state index in [1.54, 1.807) is 6.92 Å². The van der Waals surface area contributed by atoms with Gasteiger partial charge in [0.25, 0.3) is 0 Å². The molecule has 2 rings (SSSR count). The summed E-state index contributed by atoms with van der Waals surface area (Å²) in [4.78, 5) is 11.5. The number of hydrogen-bond donors (Lipinski definition) is 1. The minimum Gasteiger partial charge on any atom is -0.378 e. The smallest absolute Gasteiger partial charge is 0.190 e. The first kappa shape index (κ1) is 9.41. The summed E-state index contributed by atoms with van der Waals surface area (Å²) in [6, 6.07) is 0. The fourth-order valence-corrected chi connectivity index (χ4v) is 2.21. The highest BCUT2D eigenvalue weighted by Gasteiger charge is 2.45. The van der Waals surface area contributed by atoms with E-state index < -0.39 is 5.60 Å². The summed E-state index contributed by atoms with van der Waals surface area (Å²) in [5.74, 6) is -0.225. The zero-order chi connectivity index (χ0) is 10.4. The lowest BCUT2D eigenvalue weighted by Crippen LogP contribution is -2.45. The van der Waals surface area contributed by atoms with Gasteiger partial charge in [0.2, 0.25) is 0 Å². The molecule has 0 amide bonds. The summed E-state index contributed by atoms with van der Waals surface area (Å²) in [6.07, 6.45) is 10.0. The van der Waals surface area contributed by atoms with Gasteiger partial charge in [-0.1, -0.05) is 31.2 Å². The van der Waals surface area contributed by atoms with Gasteiger partial charge < -0.3 is 5.11 Å². The van der Waals surface area contributed by atoms with Gasteiger partial charge in [-0.05, 0) is 25.0 Å². The zero-order valence-electron chi connectivity index (χ0n) is 8.45. The van der Waals surface area contributed by atoms with E-state index in [1.807, 2.05) is 25.2 Å². The van der Waals surface area contributed by atoms with Crippen molar-refractivity contribution in [2.45, 2.75) is 25.9 Å². The van der Waals surface area contributed by atoms with Crippen molar-refractivity contribution in [2.75, 3.05) is 0 Å². The lowest BCUT2D eigenvalue weighted by molar-refractivity contribution is -0.129. The molecular weight excluding hydrogens is 176 g/mol. The summed E-state index contributed by atoms with van der Waals surface area (Å²) >= 11 is 0. The molecule has 0 fully saturated rings. The lowest BCUT2D eigenvalue weighted by atomic mass is 9.65. The van der Waals surface area contributed by atoms with Crippen molar-refractivity contribution in [1.82, 2.24) is 0 Å². The third-order valence-electron chi connectivity index (χ3n) is 3.16. The normalized spacial score (nSPS) is 40.8. The number of carbonyl (C=O) groups is 1. The Balaban J connectivity index is 2.59. The molecule has 0 bridgehead atoms. The minimum atomic E-state index is -1.33. The molecule has 2 atom stereocenters. The average molecular weight is 190 g/mol. The van der Waals surface area contributed by atoms with Gasteiger partial charge in [0, 0.05) is 5.41 Å². The predicted molar refractivity (Wildman–Crippen MR) is 54.7 cm³/mol. The van der Waals surface area contributed by atoms with Gasteiger partial charge in [0.05, 0.1) is 0 Å². The van der Waals surface area contributed by atoms with E-state index in [9.17, 15) is 9.90 Å². The Kier molecular flexibility index (Phi) is 1.80. The number of allylic oxidation sites excluding steroid dienone is 4. The summed E-state index contributed by atoms with van der Waals surface area (Å²) < 4.78 is 0. The number of ketones is 1. The first-order valence-corrected chi connectivity index (χ1v) is 4.81. The average Bonchev–Trinajstić information content (AvgIpc) is 2.13. The Bertz CT molecular complexity index is 365. The maximum absolute atomic E-state index is 11.5. The minimum absolute atomic E-state index is 0.188. The van der Waals surface area contributed by atoms with Gasteiger partial charge in [0.15, 0.2) is 5.78 Å². The first-order valence-electron chi connectivity index (χ1n) is 4.81. The van der Waals surface area contributed by atoms with Crippen LogP contribution in [-0.4, -0.2) is 16.5 Å². The molecule has 74 valence electrons. The van der Waals surface area contributed by atoms with Crippen LogP contribution < -0.4 is 0 Å². The van der Waals surface area contributed by atoms with Crippen LogP contribution in [0.1, 0.15) is 20.3 Å². The molecule has 2 unspecified atom stereocenters. The van der Waals surface area contributed by atoms with E-state index in [-0.39, 0.29) is 11.2 Å². The second kappa shape index (κ2) is 2.67. The Morgan fingerprint density at radius 3 is 2.86 bits per heavy atom. The second-order valence-corrected chi connectivity index (χ2v) is 4.40. The highest BCUT2D eigenvalue weighted by molar-refractivity contribution is 6.01. The molecule has 14 heavy (non-hydrogen) atoms. The second-order valence-electron chi connectivity index (χ2n) is 4.40. The van der Waals surface area contributed by atoms with Crippen LogP contribution in [0.4, 0.5) is 0 Å². The third kappa shape index (κ3) is 1.11. The van der Waals surface area contributed by atoms with Gasteiger partial charge in [-0.2, -0.15) is 0 Å². The van der Waals surface area contributed by atoms with Crippen LogP contribution >= 0.6 is 0 Å². The molecule has 0 spiro atoms. The number of hydrogen-bond acceptors (Lipinski definition) is 2. The molecule has 1 N–H and O–H groups in total. The van der Waals surface area contributed by atoms with Crippen LogP contribution in [0.2, 0.25) is 0 Å². The van der Waals surface area contributed by atoms with Gasteiger partial charge >= 0.3 is 0 Å². The van der Waals surface area contributed by atoms with E-state index in [0.717, 1.165) is 12.0 Å².